The number of esters is 3. The fraction of sp³-hybridized carbons (Fsp3) is 0.952. The summed E-state index contributed by atoms with van der Waals surface area (Å²) in [4.78, 5) is 57.7. The molecule has 41 atom stereocenters. The number of ether oxygens (including phenoxy) is 11. The molecule has 5 bridgehead atoms. The molecule has 0 radical (unpaired) electrons. The Morgan fingerprint density at radius 2 is 0.875 bits per heavy atom. The highest BCUT2D eigenvalue weighted by Gasteiger charge is 2.61. The summed E-state index contributed by atoms with van der Waals surface area (Å²) in [5.41, 5.74) is -8.98. The van der Waals surface area contributed by atoms with Crippen molar-refractivity contribution < 1.29 is 127 Å². The summed E-state index contributed by atoms with van der Waals surface area (Å²) in [6.45, 7) is 69.3. The van der Waals surface area contributed by atoms with Gasteiger partial charge in [0.25, 0.3) is 0 Å². The van der Waals surface area contributed by atoms with E-state index < -0.39 is 184 Å². The summed E-state index contributed by atoms with van der Waals surface area (Å²) >= 11 is 0. The zero-order chi connectivity index (χ0) is 104. The lowest BCUT2D eigenvalue weighted by Crippen LogP contribution is -2.68. The van der Waals surface area contributed by atoms with E-state index in [-0.39, 0.29) is 122 Å². The van der Waals surface area contributed by atoms with Crippen LogP contribution < -0.4 is 10.6 Å². The van der Waals surface area contributed by atoms with Crippen LogP contribution in [0.1, 0.15) is 319 Å². The topological polar surface area (TPSA) is 429 Å². The Hall–Kier alpha value is -3.53. The number of likely N-dealkylation sites (N-methyl/N-ethyl adjacent to an activating group) is 1. The normalized spacial score (nSPS) is 48.4. The average Bonchev–Trinajstić information content (AvgIpc) is 1.59. The van der Waals surface area contributed by atoms with Crippen molar-refractivity contribution in [3.63, 3.8) is 0 Å². The van der Waals surface area contributed by atoms with E-state index in [1.165, 1.54) is 28.1 Å². The van der Waals surface area contributed by atoms with Crippen LogP contribution in [0.3, 0.4) is 0 Å². The molecule has 3 unspecified atom stereocenters. The SMILES string of the molecule is CC.CC.CC.CC[C@H]1OC(=O)[C@H](C)[C@@H](O[C@H]2C[C@@](C)(OC)[C@@H](O)[C@H](C)O2)[C@H](C)[C@@H](C)[C@](C)(O)C[C@@H](C)C(=NOC2CCCNC2)[C@H](C)[C@@H](O)[C@]1(C)O.CC[C@H]1OC(=O)[C@H](C)[C@@H](O[C@H]2C[C@@](C)(OC)[C@@H](O)[C@H](C)O2)[C@H](C)[C@@H](C)[C@](C)(O)C[C@@H](C)C(=NOC2CCNC2)[C@H](C)[C@@H](O)[C@]1(C)O.CC[C@H]1OC(=O)[C@H](C)[C@H]2OC34CCN(CC3)C1[C@@](C)(O)[C@H](O)[C@@H](C)N(C)C[C@H](C)C[C@](C)(O4)[C@H](C)[C@H]2C. The first-order valence-electron chi connectivity index (χ1n) is 52.3. The van der Waals surface area contributed by atoms with Gasteiger partial charge in [-0.05, 0) is 210 Å². The lowest BCUT2D eigenvalue weighted by molar-refractivity contribution is -0.314. The second-order valence-electron chi connectivity index (χ2n) is 43.7. The van der Waals surface area contributed by atoms with E-state index in [9.17, 15) is 65.4 Å². The maximum atomic E-state index is 13.9. The Morgan fingerprint density at radius 1 is 0.471 bits per heavy atom. The number of methoxy groups -OCH3 is 2. The number of piperidine rings is 2. The Bertz CT molecular complexity index is 3640. The number of nitrogens with zero attached hydrogens (tertiary/aromatic N) is 4. The van der Waals surface area contributed by atoms with E-state index in [0.717, 1.165) is 45.3 Å². The van der Waals surface area contributed by atoms with Gasteiger partial charge >= 0.3 is 17.9 Å². The number of hydrogen-bond acceptors (Lipinski definition) is 32. The number of aliphatic hydroxyl groups is 10. The van der Waals surface area contributed by atoms with E-state index in [0.29, 0.717) is 56.9 Å². The fourth-order valence-electron chi connectivity index (χ4n) is 23.3. The molecule has 11 fully saturated rings. The molecule has 1 spiro atoms. The molecule has 0 amide bonds. The van der Waals surface area contributed by atoms with Crippen molar-refractivity contribution in [3.05, 3.63) is 0 Å². The minimum absolute atomic E-state index is 0.0864. The molecule has 11 aliphatic heterocycles. The zero-order valence-electron chi connectivity index (χ0n) is 91.0. The first-order valence-corrected chi connectivity index (χ1v) is 52.3. The van der Waals surface area contributed by atoms with Gasteiger partial charge in [0.1, 0.15) is 59.5 Å². The smallest absolute Gasteiger partial charge is 0.311 e. The first-order chi connectivity index (χ1) is 63.3. The maximum Gasteiger partial charge on any atom is 0.311 e. The van der Waals surface area contributed by atoms with Crippen molar-refractivity contribution in [2.75, 3.05) is 67.1 Å². The molecule has 0 aromatic carbocycles. The van der Waals surface area contributed by atoms with E-state index in [4.69, 9.17) is 61.8 Å². The first kappa shape index (κ1) is 123. The van der Waals surface area contributed by atoms with E-state index in [1.807, 2.05) is 111 Å². The quantitative estimate of drug-likeness (QED) is 0.0463. The van der Waals surface area contributed by atoms with Crippen molar-refractivity contribution in [3.8, 4) is 0 Å². The Kier molecular flexibility index (Phi) is 47.0. The summed E-state index contributed by atoms with van der Waals surface area (Å²) in [6, 6.07) is -0.848. The van der Waals surface area contributed by atoms with Crippen LogP contribution in [0.15, 0.2) is 10.3 Å². The van der Waals surface area contributed by atoms with Gasteiger partial charge in [-0.3, -0.25) is 19.3 Å². The maximum absolute atomic E-state index is 13.9. The van der Waals surface area contributed by atoms with E-state index >= 15 is 0 Å². The van der Waals surface area contributed by atoms with Crippen LogP contribution >= 0.6 is 0 Å². The molecule has 0 aromatic rings. The molecule has 32 nitrogen and oxygen atoms in total. The van der Waals surface area contributed by atoms with Gasteiger partial charge in [0, 0.05) is 109 Å². The zero-order valence-corrected chi connectivity index (χ0v) is 91.0. The third kappa shape index (κ3) is 28.8. The van der Waals surface area contributed by atoms with Crippen LogP contribution in [0.5, 0.6) is 0 Å². The minimum atomic E-state index is -1.84. The molecule has 0 saturated carbocycles. The summed E-state index contributed by atoms with van der Waals surface area (Å²) in [5, 5.41) is 132. The van der Waals surface area contributed by atoms with Gasteiger partial charge in [0.05, 0.1) is 112 Å². The van der Waals surface area contributed by atoms with Gasteiger partial charge in [0.2, 0.25) is 0 Å². The number of oxime groups is 2. The summed E-state index contributed by atoms with van der Waals surface area (Å²) in [6.07, 6.45) is -6.34. The van der Waals surface area contributed by atoms with Gasteiger partial charge in [0.15, 0.2) is 18.4 Å². The van der Waals surface area contributed by atoms with E-state index in [1.54, 1.807) is 90.0 Å². The largest absolute Gasteiger partial charge is 0.460 e. The highest BCUT2D eigenvalue weighted by molar-refractivity contribution is 5.89. The number of carbonyl (C=O) groups is 3. The molecule has 11 aliphatic rings. The molecule has 11 saturated heterocycles. The predicted molar refractivity (Wildman–Crippen MR) is 526 cm³/mol. The number of cyclic esters (lactones) is 2. The third-order valence-electron chi connectivity index (χ3n) is 33.4. The van der Waals surface area contributed by atoms with Crippen LogP contribution in [0.2, 0.25) is 0 Å². The van der Waals surface area contributed by atoms with Gasteiger partial charge in [-0.15, -0.1) is 0 Å². The van der Waals surface area contributed by atoms with Crippen LogP contribution in [-0.4, -0.2) is 324 Å². The predicted octanol–water partition coefficient (Wildman–Crippen LogP) is 12.1. The second kappa shape index (κ2) is 52.0. The highest BCUT2D eigenvalue weighted by Crippen LogP contribution is 2.52. The van der Waals surface area contributed by atoms with Crippen LogP contribution in [0, 0.1) is 82.9 Å². The van der Waals surface area contributed by atoms with Crippen LogP contribution in [-0.2, 0) is 76.2 Å². The molecule has 136 heavy (non-hydrogen) atoms. The standard InChI is InChI=1S/C35H64N2O10.C34H62N2O10.C29H52N2O6.3C2H6/c1-12-26-35(10,42)30(38)21(4)28(37-47-25-14-13-15-36-18-25)19(2)16-33(8,41)23(6)20(3)29(22(5)32(40)45-26)46-27-17-34(9,43-11)31(39)24(7)44-27;1-12-25-34(10,41)29(37)20(4)27(36-46-24-13-14-35-17-24)18(2)15-32(8,40)22(6)19(3)28(21(5)31(39)44-25)45-26-16-33(9,42-11)30(38)23(7)43-26;1-10-22-24-28(8,34)25(32)21(6)30(9)16-17(2)15-27(7)20(5)18(3)23(19(4)26(33)35-22)36-29(37-27)11-13-31(24)14-12-29;3*1-2/h19-27,29-31,36,38-39,41-42H,12-18H2,1-11H3;18-26,28-30,35,37-38,40-41H,12-17H2,1-11H3;17-25,32,34H,10-16H2,1-9H3;3*1-2H3/t19-,20-,21+,22-,23-,24+,25?,26-,27+,29+,30-,31+,33-,34-,35-;18-,19-,20+,21-,22-,23+,24?,25-,26+,28+,29-,30+,32-,33-,34-;17-,18-,19-,20-,21-,22-,23+,24?,25-,27+,28-;;;/m111.../s1. The van der Waals surface area contributed by atoms with Gasteiger partial charge < -0.3 is 128 Å². The van der Waals surface area contributed by atoms with Gasteiger partial charge in [-0.1, -0.05) is 149 Å². The number of fused-ring (bicyclic) bond motifs is 5. The second-order valence-corrected chi connectivity index (χ2v) is 43.7. The number of rotatable bonds is 13. The highest BCUT2D eigenvalue weighted by atomic mass is 16.7. The monoisotopic (exact) mass is 1950 g/mol. The molecule has 11 heterocycles. The molecular weight excluding hydrogens is 1750 g/mol. The fourth-order valence-corrected chi connectivity index (χ4v) is 23.3. The number of nitrogens with one attached hydrogen (secondary N) is 2. The van der Waals surface area contributed by atoms with E-state index in [2.05, 4.69) is 58.4 Å². The summed E-state index contributed by atoms with van der Waals surface area (Å²) in [5.74, 6) is -7.50. The average molecular weight is 1950 g/mol. The van der Waals surface area contributed by atoms with Crippen LogP contribution in [0.25, 0.3) is 0 Å². The molecule has 0 aliphatic carbocycles. The minimum Gasteiger partial charge on any atom is -0.460 e. The Morgan fingerprint density at radius 3 is 1.25 bits per heavy atom. The molecule has 32 heteroatoms. The summed E-state index contributed by atoms with van der Waals surface area (Å²) in [7, 11) is 5.07. The van der Waals surface area contributed by atoms with Crippen LogP contribution in [0.4, 0.5) is 0 Å². The van der Waals surface area contributed by atoms with Crippen molar-refractivity contribution in [2.24, 2.45) is 93.2 Å². The Balaban J connectivity index is 0.000000352. The number of aliphatic hydroxyl groups excluding tert-OH is 5. The molecular formula is C104H196N6O26. The number of hydrogen-bond donors (Lipinski definition) is 12. The molecule has 12 N–H and O–H groups in total. The lowest BCUT2D eigenvalue weighted by Gasteiger charge is -2.53. The third-order valence-corrected chi connectivity index (χ3v) is 33.4. The van der Waals surface area contributed by atoms with Crippen molar-refractivity contribution in [2.45, 2.75) is 486 Å². The molecule has 0 aromatic heterocycles. The Labute approximate surface area is 819 Å². The van der Waals surface area contributed by atoms with Gasteiger partial charge in [-0.25, -0.2) is 0 Å². The van der Waals surface area contributed by atoms with Crippen molar-refractivity contribution in [1.29, 1.82) is 0 Å². The number of carbonyl (C=O) groups excluding carboxylic acids is 3. The molecule has 11 rings (SSSR count). The lowest BCUT2D eigenvalue weighted by atomic mass is 9.70. The van der Waals surface area contributed by atoms with Crippen molar-refractivity contribution in [1.82, 2.24) is 20.4 Å². The molecule has 798 valence electrons. The van der Waals surface area contributed by atoms with Crippen molar-refractivity contribution >= 4 is 29.3 Å². The van der Waals surface area contributed by atoms with Gasteiger partial charge in [-0.2, -0.15) is 0 Å². The summed E-state index contributed by atoms with van der Waals surface area (Å²) < 4.78 is 68.9.